The second kappa shape index (κ2) is 6.34. The number of amides is 1. The average molecular weight is 297 g/mol. The fraction of sp³-hybridized carbons (Fsp3) is 0.444. The van der Waals surface area contributed by atoms with Crippen LogP contribution >= 0.6 is 0 Å². The van der Waals surface area contributed by atoms with Crippen LogP contribution < -0.4 is 0 Å². The van der Waals surface area contributed by atoms with E-state index >= 15 is 0 Å². The number of likely N-dealkylation sites (tertiary alicyclic amines) is 1. The van der Waals surface area contributed by atoms with E-state index in [9.17, 15) is 4.79 Å². The molecular formula is C18H23N3O. The van der Waals surface area contributed by atoms with Crippen molar-refractivity contribution in [3.8, 4) is 11.3 Å². The smallest absolute Gasteiger partial charge is 0.244 e. The first-order valence-corrected chi connectivity index (χ1v) is 8.05. The Morgan fingerprint density at radius 3 is 2.50 bits per heavy atom. The molecule has 116 valence electrons. The molecule has 3 rings (SSSR count). The van der Waals surface area contributed by atoms with Crippen molar-refractivity contribution < 1.29 is 4.79 Å². The molecular weight excluding hydrogens is 274 g/mol. The van der Waals surface area contributed by atoms with Gasteiger partial charge in [0.05, 0.1) is 5.69 Å². The van der Waals surface area contributed by atoms with Gasteiger partial charge in [-0.15, -0.1) is 0 Å². The third kappa shape index (κ3) is 3.06. The second-order valence-electron chi connectivity index (χ2n) is 6.19. The number of carbonyl (C=O) groups excluding carboxylic acids is 1. The Bertz CT molecular complexity index is 625. The molecule has 4 nitrogen and oxygen atoms in total. The Hall–Kier alpha value is -2.10. The van der Waals surface area contributed by atoms with Crippen molar-refractivity contribution in [2.75, 3.05) is 0 Å². The molecule has 0 spiro atoms. The van der Waals surface area contributed by atoms with Crippen LogP contribution in [0.3, 0.4) is 0 Å². The zero-order valence-electron chi connectivity index (χ0n) is 13.3. The standard InChI is InChI=1S/C18H23N3O/c1-14-7-6-8-15(2)21(14)18(22)13-20-12-11-17(19-20)16-9-4-3-5-10-16/h3-5,9-12,14-15H,6-8,13H2,1-2H3. The zero-order valence-corrected chi connectivity index (χ0v) is 13.3. The van der Waals surface area contributed by atoms with Crippen molar-refractivity contribution in [1.82, 2.24) is 14.7 Å². The molecule has 1 aromatic carbocycles. The number of aromatic nitrogens is 2. The maximum atomic E-state index is 12.6. The van der Waals surface area contributed by atoms with Gasteiger partial charge in [-0.1, -0.05) is 30.3 Å². The van der Waals surface area contributed by atoms with E-state index in [0.717, 1.165) is 24.1 Å². The second-order valence-corrected chi connectivity index (χ2v) is 6.19. The molecule has 0 N–H and O–H groups in total. The maximum Gasteiger partial charge on any atom is 0.244 e. The number of carbonyl (C=O) groups is 1. The highest BCUT2D eigenvalue weighted by atomic mass is 16.2. The molecule has 1 saturated heterocycles. The first kappa shape index (κ1) is 14.8. The lowest BCUT2D eigenvalue weighted by Gasteiger charge is -2.39. The van der Waals surface area contributed by atoms with E-state index < -0.39 is 0 Å². The van der Waals surface area contributed by atoms with Crippen LogP contribution in [0.5, 0.6) is 0 Å². The fourth-order valence-corrected chi connectivity index (χ4v) is 3.35. The molecule has 1 amide bonds. The Balaban J connectivity index is 1.71. The third-order valence-corrected chi connectivity index (χ3v) is 4.49. The normalized spacial score (nSPS) is 21.8. The van der Waals surface area contributed by atoms with Crippen LogP contribution in [0, 0.1) is 0 Å². The van der Waals surface area contributed by atoms with Crippen molar-refractivity contribution in [1.29, 1.82) is 0 Å². The van der Waals surface area contributed by atoms with Crippen molar-refractivity contribution in [3.05, 3.63) is 42.6 Å². The molecule has 2 unspecified atom stereocenters. The molecule has 1 aliphatic heterocycles. The molecule has 0 aliphatic carbocycles. The van der Waals surface area contributed by atoms with Crippen molar-refractivity contribution in [2.24, 2.45) is 0 Å². The van der Waals surface area contributed by atoms with Gasteiger partial charge in [0.25, 0.3) is 0 Å². The Labute approximate surface area is 131 Å². The van der Waals surface area contributed by atoms with E-state index in [1.807, 2.05) is 47.5 Å². The summed E-state index contributed by atoms with van der Waals surface area (Å²) in [5, 5.41) is 4.53. The molecule has 1 fully saturated rings. The zero-order chi connectivity index (χ0) is 15.5. The van der Waals surface area contributed by atoms with E-state index in [0.29, 0.717) is 18.6 Å². The van der Waals surface area contributed by atoms with E-state index in [1.165, 1.54) is 6.42 Å². The first-order chi connectivity index (χ1) is 10.6. The molecule has 1 aromatic heterocycles. The topological polar surface area (TPSA) is 38.1 Å². The number of hydrogen-bond donors (Lipinski definition) is 0. The van der Waals surface area contributed by atoms with Gasteiger partial charge in [0.2, 0.25) is 5.91 Å². The lowest BCUT2D eigenvalue weighted by Crippen LogP contribution is -2.48. The summed E-state index contributed by atoms with van der Waals surface area (Å²) in [4.78, 5) is 14.6. The maximum absolute atomic E-state index is 12.6. The minimum atomic E-state index is 0.169. The highest BCUT2D eigenvalue weighted by Crippen LogP contribution is 2.23. The molecule has 0 radical (unpaired) electrons. The monoisotopic (exact) mass is 297 g/mol. The van der Waals surface area contributed by atoms with Gasteiger partial charge in [-0.05, 0) is 39.2 Å². The van der Waals surface area contributed by atoms with E-state index in [1.54, 1.807) is 4.68 Å². The Morgan fingerprint density at radius 2 is 1.82 bits per heavy atom. The van der Waals surface area contributed by atoms with E-state index in [2.05, 4.69) is 18.9 Å². The summed E-state index contributed by atoms with van der Waals surface area (Å²) in [6, 6.07) is 12.7. The molecule has 2 aromatic rings. The molecule has 2 heterocycles. The number of benzene rings is 1. The van der Waals surface area contributed by atoms with Gasteiger partial charge in [0.15, 0.2) is 0 Å². The van der Waals surface area contributed by atoms with Crippen molar-refractivity contribution in [2.45, 2.75) is 51.7 Å². The van der Waals surface area contributed by atoms with Gasteiger partial charge in [-0.2, -0.15) is 5.10 Å². The van der Waals surface area contributed by atoms with Crippen molar-refractivity contribution in [3.63, 3.8) is 0 Å². The molecule has 0 saturated carbocycles. The summed E-state index contributed by atoms with van der Waals surface area (Å²) in [5.41, 5.74) is 1.99. The molecule has 1 aliphatic rings. The number of hydrogen-bond acceptors (Lipinski definition) is 2. The van der Waals surface area contributed by atoms with Crippen molar-refractivity contribution >= 4 is 5.91 Å². The van der Waals surface area contributed by atoms with E-state index in [-0.39, 0.29) is 5.91 Å². The van der Waals surface area contributed by atoms with Crippen LogP contribution in [0.15, 0.2) is 42.6 Å². The summed E-state index contributed by atoms with van der Waals surface area (Å²) in [6.07, 6.45) is 5.31. The van der Waals surface area contributed by atoms with Gasteiger partial charge >= 0.3 is 0 Å². The largest absolute Gasteiger partial charge is 0.336 e. The number of rotatable bonds is 3. The van der Waals surface area contributed by atoms with Crippen LogP contribution in [0.25, 0.3) is 11.3 Å². The number of nitrogens with zero attached hydrogens (tertiary/aromatic N) is 3. The van der Waals surface area contributed by atoms with Gasteiger partial charge in [-0.3, -0.25) is 9.48 Å². The molecule has 22 heavy (non-hydrogen) atoms. The van der Waals surface area contributed by atoms with Gasteiger partial charge in [-0.25, -0.2) is 0 Å². The quantitative estimate of drug-likeness (QED) is 0.871. The summed E-state index contributed by atoms with van der Waals surface area (Å²) < 4.78 is 1.75. The number of piperidine rings is 1. The average Bonchev–Trinajstić information content (AvgIpc) is 2.96. The van der Waals surface area contributed by atoms with Gasteiger partial charge in [0, 0.05) is 23.8 Å². The first-order valence-electron chi connectivity index (χ1n) is 8.05. The third-order valence-electron chi connectivity index (χ3n) is 4.49. The van der Waals surface area contributed by atoms with Gasteiger partial charge < -0.3 is 4.90 Å². The van der Waals surface area contributed by atoms with E-state index in [4.69, 9.17) is 0 Å². The minimum absolute atomic E-state index is 0.169. The predicted octanol–water partition coefficient (Wildman–Crippen LogP) is 3.34. The Kier molecular flexibility index (Phi) is 4.27. The molecule has 0 bridgehead atoms. The molecule has 4 heteroatoms. The van der Waals surface area contributed by atoms with Crippen LogP contribution in [0.4, 0.5) is 0 Å². The highest BCUT2D eigenvalue weighted by molar-refractivity contribution is 5.76. The summed E-state index contributed by atoms with van der Waals surface area (Å²) in [5.74, 6) is 0.169. The highest BCUT2D eigenvalue weighted by Gasteiger charge is 2.28. The van der Waals surface area contributed by atoms with Crippen LogP contribution in [0.2, 0.25) is 0 Å². The SMILES string of the molecule is CC1CCCC(C)N1C(=O)Cn1ccc(-c2ccccc2)n1. The lowest BCUT2D eigenvalue weighted by molar-refractivity contribution is -0.138. The predicted molar refractivity (Wildman–Crippen MR) is 87.3 cm³/mol. The van der Waals surface area contributed by atoms with Crippen LogP contribution in [-0.2, 0) is 11.3 Å². The molecule has 2 atom stereocenters. The summed E-state index contributed by atoms with van der Waals surface area (Å²) in [7, 11) is 0. The minimum Gasteiger partial charge on any atom is -0.336 e. The fourth-order valence-electron chi connectivity index (χ4n) is 3.35. The lowest BCUT2D eigenvalue weighted by atomic mass is 9.97. The van der Waals surface area contributed by atoms with Crippen LogP contribution in [-0.4, -0.2) is 32.7 Å². The summed E-state index contributed by atoms with van der Waals surface area (Å²) in [6.45, 7) is 4.61. The van der Waals surface area contributed by atoms with Crippen LogP contribution in [0.1, 0.15) is 33.1 Å². The van der Waals surface area contributed by atoms with Gasteiger partial charge in [0.1, 0.15) is 6.54 Å². The Morgan fingerprint density at radius 1 is 1.14 bits per heavy atom. The summed E-state index contributed by atoms with van der Waals surface area (Å²) >= 11 is 0.